The van der Waals surface area contributed by atoms with Crippen LogP contribution in [0, 0.1) is 0 Å². The molecule has 0 saturated carbocycles. The molecule has 1 aliphatic heterocycles. The molecule has 1 unspecified atom stereocenters. The van der Waals surface area contributed by atoms with Crippen molar-refractivity contribution in [2.75, 3.05) is 13.2 Å². The van der Waals surface area contributed by atoms with Gasteiger partial charge in [-0.2, -0.15) is 0 Å². The van der Waals surface area contributed by atoms with E-state index in [-0.39, 0.29) is 0 Å². The van der Waals surface area contributed by atoms with E-state index in [2.05, 4.69) is 4.99 Å². The lowest BCUT2D eigenvalue weighted by Crippen LogP contribution is -2.19. The number of hydrogen-bond donors (Lipinski definition) is 1. The first-order valence-corrected chi connectivity index (χ1v) is 3.69. The number of aliphatic hydroxyl groups excluding tert-OH is 1. The Kier molecular flexibility index (Phi) is 2.68. The lowest BCUT2D eigenvalue weighted by atomic mass is 10.2. The highest BCUT2D eigenvalue weighted by molar-refractivity contribution is 5.81. The first-order chi connectivity index (χ1) is 4.84. The summed E-state index contributed by atoms with van der Waals surface area (Å²) in [6.07, 6.45) is 1.25. The summed E-state index contributed by atoms with van der Waals surface area (Å²) in [5.74, 6) is 0.529. The summed E-state index contributed by atoms with van der Waals surface area (Å²) in [6.45, 7) is 3.37. The molecular weight excluding hydrogens is 130 g/mol. The van der Waals surface area contributed by atoms with E-state index in [9.17, 15) is 5.11 Å². The summed E-state index contributed by atoms with van der Waals surface area (Å²) >= 11 is 0. The molecule has 3 nitrogen and oxygen atoms in total. The van der Waals surface area contributed by atoms with Crippen LogP contribution in [0.2, 0.25) is 0 Å². The van der Waals surface area contributed by atoms with E-state index in [0.29, 0.717) is 19.0 Å². The van der Waals surface area contributed by atoms with Gasteiger partial charge in [-0.25, -0.2) is 4.99 Å². The molecule has 0 amide bonds. The average molecular weight is 143 g/mol. The first-order valence-electron chi connectivity index (χ1n) is 3.69. The van der Waals surface area contributed by atoms with Gasteiger partial charge in [0, 0.05) is 0 Å². The maximum absolute atomic E-state index is 9.29. The van der Waals surface area contributed by atoms with Gasteiger partial charge in [-0.05, 0) is 6.42 Å². The number of hydrogen-bond acceptors (Lipinski definition) is 3. The van der Waals surface area contributed by atoms with Crippen molar-refractivity contribution < 1.29 is 9.84 Å². The molecule has 1 rings (SSSR count). The molecule has 1 aliphatic rings. The molecule has 1 atom stereocenters. The van der Waals surface area contributed by atoms with Crippen molar-refractivity contribution in [1.82, 2.24) is 0 Å². The van der Waals surface area contributed by atoms with Gasteiger partial charge in [0.15, 0.2) is 0 Å². The van der Waals surface area contributed by atoms with Gasteiger partial charge in [-0.1, -0.05) is 13.3 Å². The zero-order chi connectivity index (χ0) is 7.40. The second-order valence-electron chi connectivity index (χ2n) is 2.37. The van der Waals surface area contributed by atoms with Gasteiger partial charge in [-0.15, -0.1) is 0 Å². The molecule has 58 valence electrons. The Morgan fingerprint density at radius 3 is 3.10 bits per heavy atom. The fourth-order valence-electron chi connectivity index (χ4n) is 0.950. The van der Waals surface area contributed by atoms with Crippen LogP contribution in [0.3, 0.4) is 0 Å². The lowest BCUT2D eigenvalue weighted by molar-refractivity contribution is 0.190. The van der Waals surface area contributed by atoms with Crippen molar-refractivity contribution in [3.05, 3.63) is 0 Å². The fraction of sp³-hybridized carbons (Fsp3) is 0.857. The lowest BCUT2D eigenvalue weighted by Gasteiger charge is -2.07. The predicted molar refractivity (Wildman–Crippen MR) is 39.2 cm³/mol. The number of aliphatic imine (C=N–C) groups is 1. The summed E-state index contributed by atoms with van der Waals surface area (Å²) in [6, 6.07) is 0. The number of nitrogens with zero attached hydrogens (tertiary/aromatic N) is 1. The van der Waals surface area contributed by atoms with Crippen molar-refractivity contribution in [1.29, 1.82) is 0 Å². The van der Waals surface area contributed by atoms with Crippen molar-refractivity contribution in [3.8, 4) is 0 Å². The van der Waals surface area contributed by atoms with E-state index in [1.54, 1.807) is 0 Å². The molecule has 10 heavy (non-hydrogen) atoms. The van der Waals surface area contributed by atoms with Crippen LogP contribution in [0.4, 0.5) is 0 Å². The molecule has 0 aromatic heterocycles. The Labute approximate surface area is 60.7 Å². The van der Waals surface area contributed by atoms with Crippen LogP contribution in [0.1, 0.15) is 19.8 Å². The molecule has 1 heterocycles. The normalized spacial score (nSPS) is 20.0. The highest BCUT2D eigenvalue weighted by atomic mass is 16.5. The van der Waals surface area contributed by atoms with E-state index in [1.807, 2.05) is 6.92 Å². The highest BCUT2D eigenvalue weighted by Gasteiger charge is 2.16. The third kappa shape index (κ3) is 1.70. The SMILES string of the molecule is CCCC(O)C1=NCCO1. The summed E-state index contributed by atoms with van der Waals surface area (Å²) < 4.78 is 5.07. The van der Waals surface area contributed by atoms with Crippen LogP contribution in [0.25, 0.3) is 0 Å². The summed E-state index contributed by atoms with van der Waals surface area (Å²) in [5, 5.41) is 9.29. The average Bonchev–Trinajstić information content (AvgIpc) is 2.38. The third-order valence-electron chi connectivity index (χ3n) is 1.46. The topological polar surface area (TPSA) is 41.8 Å². The van der Waals surface area contributed by atoms with Crippen LogP contribution < -0.4 is 0 Å². The van der Waals surface area contributed by atoms with Gasteiger partial charge < -0.3 is 9.84 Å². The Bertz CT molecular complexity index is 134. The minimum absolute atomic E-state index is 0.465. The van der Waals surface area contributed by atoms with Gasteiger partial charge in [0.25, 0.3) is 0 Å². The molecule has 3 heteroatoms. The van der Waals surface area contributed by atoms with E-state index in [1.165, 1.54) is 0 Å². The summed E-state index contributed by atoms with van der Waals surface area (Å²) in [5.41, 5.74) is 0. The van der Waals surface area contributed by atoms with Crippen LogP contribution >= 0.6 is 0 Å². The Balaban J connectivity index is 2.32. The maximum atomic E-state index is 9.29. The van der Waals surface area contributed by atoms with E-state index in [4.69, 9.17) is 4.74 Å². The van der Waals surface area contributed by atoms with Gasteiger partial charge in [-0.3, -0.25) is 0 Å². The number of aliphatic hydroxyl groups is 1. The van der Waals surface area contributed by atoms with Gasteiger partial charge >= 0.3 is 0 Å². The number of rotatable bonds is 3. The Morgan fingerprint density at radius 1 is 1.80 bits per heavy atom. The number of ether oxygens (including phenoxy) is 1. The minimum atomic E-state index is -0.465. The molecule has 0 aromatic rings. The quantitative estimate of drug-likeness (QED) is 0.627. The van der Waals surface area contributed by atoms with Crippen molar-refractivity contribution in [2.45, 2.75) is 25.9 Å². The molecule has 0 aromatic carbocycles. The summed E-state index contributed by atoms with van der Waals surface area (Å²) in [4.78, 5) is 4.00. The fourth-order valence-corrected chi connectivity index (χ4v) is 0.950. The van der Waals surface area contributed by atoms with Crippen LogP contribution in [0.5, 0.6) is 0 Å². The van der Waals surface area contributed by atoms with E-state index < -0.39 is 6.10 Å². The Hall–Kier alpha value is -0.570. The molecule has 1 N–H and O–H groups in total. The smallest absolute Gasteiger partial charge is 0.213 e. The van der Waals surface area contributed by atoms with Crippen LogP contribution in [0.15, 0.2) is 4.99 Å². The molecule has 0 bridgehead atoms. The van der Waals surface area contributed by atoms with Gasteiger partial charge in [0.05, 0.1) is 6.54 Å². The second-order valence-corrected chi connectivity index (χ2v) is 2.37. The zero-order valence-corrected chi connectivity index (χ0v) is 6.21. The molecular formula is C7H13NO2. The largest absolute Gasteiger partial charge is 0.477 e. The van der Waals surface area contributed by atoms with Crippen LogP contribution in [-0.4, -0.2) is 30.3 Å². The second kappa shape index (κ2) is 3.56. The summed E-state index contributed by atoms with van der Waals surface area (Å²) in [7, 11) is 0. The molecule has 0 aliphatic carbocycles. The third-order valence-corrected chi connectivity index (χ3v) is 1.46. The molecule has 0 fully saturated rings. The molecule has 0 saturated heterocycles. The minimum Gasteiger partial charge on any atom is -0.477 e. The zero-order valence-electron chi connectivity index (χ0n) is 6.21. The van der Waals surface area contributed by atoms with E-state index in [0.717, 1.165) is 12.8 Å². The predicted octanol–water partition coefficient (Wildman–Crippen LogP) is 0.576. The standard InChI is InChI=1S/C7H13NO2/c1-2-3-6(9)7-8-4-5-10-7/h6,9H,2-5H2,1H3. The molecule has 0 radical (unpaired) electrons. The first kappa shape index (κ1) is 7.54. The maximum Gasteiger partial charge on any atom is 0.213 e. The molecule has 0 spiro atoms. The highest BCUT2D eigenvalue weighted by Crippen LogP contribution is 2.04. The van der Waals surface area contributed by atoms with Crippen molar-refractivity contribution >= 4 is 5.90 Å². The van der Waals surface area contributed by atoms with Gasteiger partial charge in [0.1, 0.15) is 12.7 Å². The van der Waals surface area contributed by atoms with Crippen molar-refractivity contribution in [3.63, 3.8) is 0 Å². The Morgan fingerprint density at radius 2 is 2.60 bits per heavy atom. The monoisotopic (exact) mass is 143 g/mol. The van der Waals surface area contributed by atoms with Crippen molar-refractivity contribution in [2.24, 2.45) is 4.99 Å². The van der Waals surface area contributed by atoms with Crippen LogP contribution in [-0.2, 0) is 4.74 Å². The van der Waals surface area contributed by atoms with Gasteiger partial charge in [0.2, 0.25) is 5.90 Å². The van der Waals surface area contributed by atoms with E-state index >= 15 is 0 Å².